The highest BCUT2D eigenvalue weighted by Crippen LogP contribution is 2.20. The highest BCUT2D eigenvalue weighted by Gasteiger charge is 2.22. The van der Waals surface area contributed by atoms with Crippen molar-refractivity contribution in [3.63, 3.8) is 0 Å². The van der Waals surface area contributed by atoms with Crippen molar-refractivity contribution in [2.75, 3.05) is 13.2 Å². The third-order valence-electron chi connectivity index (χ3n) is 3.44. The largest absolute Gasteiger partial charge is 0.376 e. The molecule has 1 aromatic rings. The van der Waals surface area contributed by atoms with Gasteiger partial charge in [0.1, 0.15) is 0 Å². The summed E-state index contributed by atoms with van der Waals surface area (Å²) in [7, 11) is 0. The van der Waals surface area contributed by atoms with Crippen molar-refractivity contribution in [3.05, 3.63) is 21.4 Å². The van der Waals surface area contributed by atoms with Crippen LogP contribution in [-0.4, -0.2) is 35.3 Å². The summed E-state index contributed by atoms with van der Waals surface area (Å²) in [4.78, 5) is 13.4. The van der Waals surface area contributed by atoms with Gasteiger partial charge >= 0.3 is 0 Å². The number of hydrogen-bond acceptors (Lipinski definition) is 4. The predicted molar refractivity (Wildman–Crippen MR) is 83.7 cm³/mol. The van der Waals surface area contributed by atoms with Gasteiger partial charge in [0, 0.05) is 16.9 Å². The first kappa shape index (κ1) is 15.2. The zero-order chi connectivity index (χ0) is 14.7. The van der Waals surface area contributed by atoms with Crippen molar-refractivity contribution >= 4 is 34.6 Å². The van der Waals surface area contributed by atoms with Gasteiger partial charge in [0.15, 0.2) is 5.11 Å². The minimum absolute atomic E-state index is 0.0714. The van der Waals surface area contributed by atoms with Gasteiger partial charge in [0.2, 0.25) is 0 Å². The molecule has 5 nitrogen and oxygen atoms in total. The molecule has 1 fully saturated rings. The highest BCUT2D eigenvalue weighted by atomic mass is 32.1. The zero-order valence-corrected chi connectivity index (χ0v) is 13.3. The van der Waals surface area contributed by atoms with E-state index < -0.39 is 0 Å². The normalized spacial score (nSPS) is 18.0. The number of aryl methyl sites for hydroxylation is 1. The van der Waals surface area contributed by atoms with E-state index in [1.807, 2.05) is 19.2 Å². The first-order chi connectivity index (χ1) is 9.49. The van der Waals surface area contributed by atoms with Gasteiger partial charge in [-0.1, -0.05) is 0 Å². The van der Waals surface area contributed by atoms with E-state index in [1.54, 1.807) is 11.3 Å². The van der Waals surface area contributed by atoms with E-state index in [1.165, 1.54) is 5.01 Å². The second-order valence-electron chi connectivity index (χ2n) is 4.86. The van der Waals surface area contributed by atoms with Gasteiger partial charge in [0.25, 0.3) is 5.91 Å². The number of hydrazine groups is 1. The molecule has 1 aliphatic rings. The number of carbonyl (C=O) groups excluding carboxylic acids is 1. The van der Waals surface area contributed by atoms with Crippen LogP contribution in [0, 0.1) is 13.8 Å². The molecule has 0 aromatic carbocycles. The molecular formula is C13H19N3O2S2. The standard InChI is InChI=1S/C13H19N3O2S2/c1-8-9(2)20-7-11(8)12(17)15-16(13(14)19)6-10-4-3-5-18-10/h7,10H,3-6H2,1-2H3,(H2,14,19)(H,15,17). The number of nitrogens with zero attached hydrogens (tertiary/aromatic N) is 1. The van der Waals surface area contributed by atoms with E-state index in [0.717, 1.165) is 29.9 Å². The summed E-state index contributed by atoms with van der Waals surface area (Å²) in [6.45, 7) is 5.18. The lowest BCUT2D eigenvalue weighted by molar-refractivity contribution is 0.0682. The van der Waals surface area contributed by atoms with Crippen LogP contribution in [0.5, 0.6) is 0 Å². The Balaban J connectivity index is 2.02. The molecular weight excluding hydrogens is 294 g/mol. The van der Waals surface area contributed by atoms with Crippen LogP contribution in [-0.2, 0) is 4.74 Å². The van der Waals surface area contributed by atoms with E-state index >= 15 is 0 Å². The lowest BCUT2D eigenvalue weighted by Crippen LogP contribution is -2.51. The second kappa shape index (κ2) is 6.51. The van der Waals surface area contributed by atoms with Gasteiger partial charge in [-0.2, -0.15) is 0 Å². The van der Waals surface area contributed by atoms with Crippen LogP contribution in [0.2, 0.25) is 0 Å². The Hall–Kier alpha value is -1.18. The van der Waals surface area contributed by atoms with Crippen molar-refractivity contribution in [2.24, 2.45) is 5.73 Å². The van der Waals surface area contributed by atoms with Crippen LogP contribution in [0.3, 0.4) is 0 Å². The molecule has 2 rings (SSSR count). The van der Waals surface area contributed by atoms with E-state index in [4.69, 9.17) is 22.7 Å². The van der Waals surface area contributed by atoms with Crippen molar-refractivity contribution in [1.82, 2.24) is 10.4 Å². The summed E-state index contributed by atoms with van der Waals surface area (Å²) in [5.74, 6) is -0.183. The van der Waals surface area contributed by atoms with E-state index in [0.29, 0.717) is 12.1 Å². The van der Waals surface area contributed by atoms with Gasteiger partial charge in [0.05, 0.1) is 18.2 Å². The molecule has 1 amide bonds. The molecule has 1 atom stereocenters. The maximum atomic E-state index is 12.3. The van der Waals surface area contributed by atoms with E-state index in [-0.39, 0.29) is 17.1 Å². The quantitative estimate of drug-likeness (QED) is 0.657. The molecule has 0 saturated carbocycles. The fourth-order valence-corrected chi connectivity index (χ4v) is 3.09. The Morgan fingerprint density at radius 1 is 1.65 bits per heavy atom. The van der Waals surface area contributed by atoms with Crippen LogP contribution in [0.1, 0.15) is 33.6 Å². The SMILES string of the molecule is Cc1scc(C(=O)NN(CC2CCCO2)C(N)=S)c1C. The summed E-state index contributed by atoms with van der Waals surface area (Å²) in [6.07, 6.45) is 2.07. The van der Waals surface area contributed by atoms with Crippen LogP contribution < -0.4 is 11.2 Å². The summed E-state index contributed by atoms with van der Waals surface area (Å²) in [5.41, 5.74) is 10.1. The van der Waals surface area contributed by atoms with Crippen LogP contribution in [0.25, 0.3) is 0 Å². The minimum Gasteiger partial charge on any atom is -0.376 e. The minimum atomic E-state index is -0.183. The molecule has 0 bridgehead atoms. The molecule has 110 valence electrons. The average Bonchev–Trinajstić information content (AvgIpc) is 3.00. The maximum Gasteiger partial charge on any atom is 0.270 e. The monoisotopic (exact) mass is 313 g/mol. The summed E-state index contributed by atoms with van der Waals surface area (Å²) < 4.78 is 5.54. The Bertz CT molecular complexity index is 510. The van der Waals surface area contributed by atoms with Gasteiger partial charge in [-0.3, -0.25) is 15.2 Å². The Labute approximate surface area is 128 Å². The predicted octanol–water partition coefficient (Wildman–Crippen LogP) is 1.73. The number of hydrogen-bond donors (Lipinski definition) is 2. The fourth-order valence-electron chi connectivity index (χ4n) is 2.10. The number of carbonyl (C=O) groups is 1. The molecule has 1 saturated heterocycles. The van der Waals surface area contributed by atoms with Crippen molar-refractivity contribution in [1.29, 1.82) is 0 Å². The van der Waals surface area contributed by atoms with Gasteiger partial charge in [-0.25, -0.2) is 0 Å². The number of thiophene rings is 1. The third kappa shape index (κ3) is 3.47. The highest BCUT2D eigenvalue weighted by molar-refractivity contribution is 7.80. The second-order valence-corrected chi connectivity index (χ2v) is 6.36. The number of rotatable bonds is 3. The van der Waals surface area contributed by atoms with Gasteiger partial charge in [-0.15, -0.1) is 11.3 Å². The summed E-state index contributed by atoms with van der Waals surface area (Å²) >= 11 is 6.55. The molecule has 0 radical (unpaired) electrons. The number of ether oxygens (including phenoxy) is 1. The number of nitrogens with one attached hydrogen (secondary N) is 1. The fraction of sp³-hybridized carbons (Fsp3) is 0.538. The van der Waals surface area contributed by atoms with Crippen LogP contribution in [0.15, 0.2) is 5.38 Å². The topological polar surface area (TPSA) is 67.6 Å². The first-order valence-electron chi connectivity index (χ1n) is 6.53. The van der Waals surface area contributed by atoms with Crippen LogP contribution in [0.4, 0.5) is 0 Å². The Morgan fingerprint density at radius 3 is 2.90 bits per heavy atom. The Kier molecular flexibility index (Phi) is 4.95. The van der Waals surface area contributed by atoms with Gasteiger partial charge < -0.3 is 10.5 Å². The molecule has 7 heteroatoms. The first-order valence-corrected chi connectivity index (χ1v) is 7.82. The zero-order valence-electron chi connectivity index (χ0n) is 11.6. The number of nitrogens with two attached hydrogens (primary N) is 1. The molecule has 2 heterocycles. The summed E-state index contributed by atoms with van der Waals surface area (Å²) in [5, 5.41) is 3.50. The van der Waals surface area contributed by atoms with Crippen molar-refractivity contribution in [2.45, 2.75) is 32.8 Å². The Morgan fingerprint density at radius 2 is 2.40 bits per heavy atom. The molecule has 1 aromatic heterocycles. The van der Waals surface area contributed by atoms with Crippen LogP contribution >= 0.6 is 23.6 Å². The molecule has 1 unspecified atom stereocenters. The van der Waals surface area contributed by atoms with E-state index in [2.05, 4.69) is 5.43 Å². The van der Waals surface area contributed by atoms with E-state index in [9.17, 15) is 4.79 Å². The van der Waals surface area contributed by atoms with Gasteiger partial charge in [-0.05, 0) is 44.5 Å². The number of amides is 1. The lowest BCUT2D eigenvalue weighted by Gasteiger charge is -2.25. The molecule has 3 N–H and O–H groups in total. The molecule has 0 aliphatic carbocycles. The summed E-state index contributed by atoms with van der Waals surface area (Å²) in [6, 6.07) is 0. The molecule has 1 aliphatic heterocycles. The maximum absolute atomic E-state index is 12.3. The lowest BCUT2D eigenvalue weighted by atomic mass is 10.2. The number of thiocarbonyl (C=S) groups is 1. The van der Waals surface area contributed by atoms with Crippen molar-refractivity contribution < 1.29 is 9.53 Å². The molecule has 0 spiro atoms. The average molecular weight is 313 g/mol. The smallest absolute Gasteiger partial charge is 0.270 e. The van der Waals surface area contributed by atoms with Crippen molar-refractivity contribution in [3.8, 4) is 0 Å². The molecule has 20 heavy (non-hydrogen) atoms. The third-order valence-corrected chi connectivity index (χ3v) is 4.68.